The molecule has 2 aromatic heterocycles. The molecular formula is C13H13N5. The highest BCUT2D eigenvalue weighted by Crippen LogP contribution is 2.12. The zero-order chi connectivity index (χ0) is 12.4. The molecule has 0 unspecified atom stereocenters. The summed E-state index contributed by atoms with van der Waals surface area (Å²) < 4.78 is 1.66. The third-order valence-corrected chi connectivity index (χ3v) is 2.69. The van der Waals surface area contributed by atoms with Crippen molar-refractivity contribution >= 4 is 17.3 Å². The maximum absolute atomic E-state index is 5.54. The molecule has 5 heteroatoms. The number of fused-ring (bicyclic) bond motifs is 1. The molecular weight excluding hydrogens is 226 g/mol. The van der Waals surface area contributed by atoms with Crippen molar-refractivity contribution in [3.63, 3.8) is 0 Å². The lowest BCUT2D eigenvalue weighted by atomic mass is 10.2. The van der Waals surface area contributed by atoms with Crippen molar-refractivity contribution in [2.75, 3.05) is 11.1 Å². The summed E-state index contributed by atoms with van der Waals surface area (Å²) in [6.07, 6.45) is 1.84. The van der Waals surface area contributed by atoms with Crippen molar-refractivity contribution in [3.8, 4) is 0 Å². The number of hydrogen-bond donors (Lipinski definition) is 2. The molecule has 3 N–H and O–H groups in total. The summed E-state index contributed by atoms with van der Waals surface area (Å²) in [5.41, 5.74) is 8.52. The summed E-state index contributed by atoms with van der Waals surface area (Å²) in [5, 5.41) is 7.37. The predicted octanol–water partition coefficient (Wildman–Crippen LogP) is 1.92. The van der Waals surface area contributed by atoms with E-state index in [0.717, 1.165) is 17.9 Å². The molecule has 0 aliphatic heterocycles. The van der Waals surface area contributed by atoms with Gasteiger partial charge in [-0.15, -0.1) is 5.10 Å². The molecule has 3 aromatic rings. The maximum atomic E-state index is 5.54. The Kier molecular flexibility index (Phi) is 2.57. The van der Waals surface area contributed by atoms with Gasteiger partial charge in [0.2, 0.25) is 5.95 Å². The average Bonchev–Trinajstić information content (AvgIpc) is 2.77. The van der Waals surface area contributed by atoms with E-state index in [1.165, 1.54) is 5.56 Å². The van der Waals surface area contributed by atoms with Crippen LogP contribution in [-0.4, -0.2) is 14.6 Å². The highest BCUT2D eigenvalue weighted by molar-refractivity contribution is 5.55. The number of nitrogens with two attached hydrogens (primary N) is 1. The van der Waals surface area contributed by atoms with E-state index < -0.39 is 0 Å². The van der Waals surface area contributed by atoms with Gasteiger partial charge in [0.05, 0.1) is 0 Å². The van der Waals surface area contributed by atoms with Crippen molar-refractivity contribution in [1.82, 2.24) is 14.6 Å². The monoisotopic (exact) mass is 239 g/mol. The molecule has 0 fully saturated rings. The molecule has 0 amide bonds. The molecule has 0 atom stereocenters. The van der Waals surface area contributed by atoms with Crippen molar-refractivity contribution in [2.24, 2.45) is 0 Å². The Labute approximate surface area is 104 Å². The molecule has 0 radical (unpaired) electrons. The summed E-state index contributed by atoms with van der Waals surface area (Å²) in [6.45, 7) is 0.778. The van der Waals surface area contributed by atoms with E-state index in [0.29, 0.717) is 0 Å². The second kappa shape index (κ2) is 4.37. The van der Waals surface area contributed by atoms with E-state index in [1.54, 1.807) is 4.52 Å². The van der Waals surface area contributed by atoms with Crippen LogP contribution in [0.3, 0.4) is 0 Å². The summed E-state index contributed by atoms with van der Waals surface area (Å²) in [7, 11) is 0. The second-order valence-electron chi connectivity index (χ2n) is 4.03. The number of benzene rings is 1. The van der Waals surface area contributed by atoms with Crippen LogP contribution in [0, 0.1) is 0 Å². The first kappa shape index (κ1) is 10.6. The number of hydrogen-bond acceptors (Lipinski definition) is 4. The number of nitrogens with zero attached hydrogens (tertiary/aromatic N) is 3. The molecule has 0 aliphatic carbocycles. The third kappa shape index (κ3) is 2.10. The average molecular weight is 239 g/mol. The SMILES string of the molecule is Nc1nc2cc(NCc3ccccc3)ccn2n1. The van der Waals surface area contributed by atoms with Gasteiger partial charge in [-0.2, -0.15) is 4.98 Å². The van der Waals surface area contributed by atoms with E-state index in [2.05, 4.69) is 27.5 Å². The number of rotatable bonds is 3. The molecule has 18 heavy (non-hydrogen) atoms. The molecule has 2 heterocycles. The van der Waals surface area contributed by atoms with E-state index in [-0.39, 0.29) is 5.95 Å². The number of nitrogen functional groups attached to an aromatic ring is 1. The van der Waals surface area contributed by atoms with Gasteiger partial charge in [0, 0.05) is 24.5 Å². The third-order valence-electron chi connectivity index (χ3n) is 2.69. The number of nitrogens with one attached hydrogen (secondary N) is 1. The van der Waals surface area contributed by atoms with Crippen molar-refractivity contribution in [1.29, 1.82) is 0 Å². The Morgan fingerprint density at radius 1 is 1.17 bits per heavy atom. The van der Waals surface area contributed by atoms with Crippen LogP contribution in [0.25, 0.3) is 5.65 Å². The van der Waals surface area contributed by atoms with Gasteiger partial charge in [0.15, 0.2) is 5.65 Å². The maximum Gasteiger partial charge on any atom is 0.240 e. The van der Waals surface area contributed by atoms with E-state index >= 15 is 0 Å². The minimum Gasteiger partial charge on any atom is -0.381 e. The minimum absolute atomic E-state index is 0.287. The lowest BCUT2D eigenvalue weighted by Gasteiger charge is -2.06. The Hall–Kier alpha value is -2.56. The largest absolute Gasteiger partial charge is 0.381 e. The first-order valence-corrected chi connectivity index (χ1v) is 5.71. The van der Waals surface area contributed by atoms with Gasteiger partial charge in [-0.25, -0.2) is 4.52 Å². The summed E-state index contributed by atoms with van der Waals surface area (Å²) in [4.78, 5) is 4.12. The molecule has 0 aliphatic rings. The van der Waals surface area contributed by atoms with Crippen LogP contribution in [0.5, 0.6) is 0 Å². The van der Waals surface area contributed by atoms with E-state index in [1.807, 2.05) is 36.5 Å². The van der Waals surface area contributed by atoms with Crippen LogP contribution in [0.1, 0.15) is 5.56 Å². The number of aromatic nitrogens is 3. The standard InChI is InChI=1S/C13H13N5/c14-13-16-12-8-11(6-7-18(12)17-13)15-9-10-4-2-1-3-5-10/h1-8,15H,9H2,(H2,14,17). The number of anilines is 2. The zero-order valence-electron chi connectivity index (χ0n) is 9.74. The normalized spacial score (nSPS) is 10.7. The van der Waals surface area contributed by atoms with E-state index in [4.69, 9.17) is 5.73 Å². The van der Waals surface area contributed by atoms with Crippen molar-refractivity contribution in [2.45, 2.75) is 6.54 Å². The molecule has 3 rings (SSSR count). The van der Waals surface area contributed by atoms with Crippen LogP contribution < -0.4 is 11.1 Å². The molecule has 1 aromatic carbocycles. The van der Waals surface area contributed by atoms with Gasteiger partial charge in [-0.05, 0) is 11.6 Å². The lowest BCUT2D eigenvalue weighted by molar-refractivity contribution is 0.966. The first-order chi connectivity index (χ1) is 8.81. The quantitative estimate of drug-likeness (QED) is 0.732. The van der Waals surface area contributed by atoms with Gasteiger partial charge in [-0.1, -0.05) is 30.3 Å². The second-order valence-corrected chi connectivity index (χ2v) is 4.03. The molecule has 0 bridgehead atoms. The van der Waals surface area contributed by atoms with Gasteiger partial charge >= 0.3 is 0 Å². The Morgan fingerprint density at radius 2 is 2.00 bits per heavy atom. The fourth-order valence-corrected chi connectivity index (χ4v) is 1.81. The van der Waals surface area contributed by atoms with Crippen LogP contribution in [0.15, 0.2) is 48.7 Å². The van der Waals surface area contributed by atoms with Crippen LogP contribution in [0.2, 0.25) is 0 Å². The minimum atomic E-state index is 0.287. The zero-order valence-corrected chi connectivity index (χ0v) is 9.74. The summed E-state index contributed by atoms with van der Waals surface area (Å²) in [6, 6.07) is 14.1. The molecule has 0 saturated heterocycles. The Morgan fingerprint density at radius 3 is 2.83 bits per heavy atom. The van der Waals surface area contributed by atoms with Crippen LogP contribution in [0.4, 0.5) is 11.6 Å². The van der Waals surface area contributed by atoms with Gasteiger partial charge in [-0.3, -0.25) is 0 Å². The van der Waals surface area contributed by atoms with E-state index in [9.17, 15) is 0 Å². The summed E-state index contributed by atoms with van der Waals surface area (Å²) >= 11 is 0. The molecule has 0 saturated carbocycles. The van der Waals surface area contributed by atoms with Crippen molar-refractivity contribution < 1.29 is 0 Å². The van der Waals surface area contributed by atoms with Gasteiger partial charge in [0.25, 0.3) is 0 Å². The summed E-state index contributed by atoms with van der Waals surface area (Å²) in [5.74, 6) is 0.287. The van der Waals surface area contributed by atoms with Crippen LogP contribution in [-0.2, 0) is 6.54 Å². The number of pyridine rings is 1. The predicted molar refractivity (Wildman–Crippen MR) is 71.2 cm³/mol. The van der Waals surface area contributed by atoms with Crippen molar-refractivity contribution in [3.05, 3.63) is 54.2 Å². The topological polar surface area (TPSA) is 68.2 Å². The molecule has 0 spiro atoms. The smallest absolute Gasteiger partial charge is 0.240 e. The molecule has 5 nitrogen and oxygen atoms in total. The highest BCUT2D eigenvalue weighted by atomic mass is 15.3. The van der Waals surface area contributed by atoms with Gasteiger partial charge in [0.1, 0.15) is 0 Å². The lowest BCUT2D eigenvalue weighted by Crippen LogP contribution is -1.99. The van der Waals surface area contributed by atoms with Crippen LogP contribution >= 0.6 is 0 Å². The fraction of sp³-hybridized carbons (Fsp3) is 0.0769. The Bertz CT molecular complexity index is 659. The first-order valence-electron chi connectivity index (χ1n) is 5.71. The Balaban J connectivity index is 1.78. The fourth-order valence-electron chi connectivity index (χ4n) is 1.81. The van der Waals surface area contributed by atoms with Gasteiger partial charge < -0.3 is 11.1 Å². The highest BCUT2D eigenvalue weighted by Gasteiger charge is 2.00. The molecule has 90 valence electrons.